The van der Waals surface area contributed by atoms with Gasteiger partial charge >= 0.3 is 0 Å². The third-order valence-corrected chi connectivity index (χ3v) is 4.47. The Hall–Kier alpha value is -1.60. The first-order valence-corrected chi connectivity index (χ1v) is 7.58. The lowest BCUT2D eigenvalue weighted by atomic mass is 9.92. The Balaban J connectivity index is 1.84. The highest BCUT2D eigenvalue weighted by Gasteiger charge is 2.27. The number of aromatic nitrogens is 1. The van der Waals surface area contributed by atoms with Crippen molar-refractivity contribution in [2.24, 2.45) is 0 Å². The minimum absolute atomic E-state index is 0.132. The predicted molar refractivity (Wildman–Crippen MR) is 76.7 cm³/mol. The summed E-state index contributed by atoms with van der Waals surface area (Å²) in [5.74, 6) is 0.542. The number of aryl methyl sites for hydroxylation is 2. The summed E-state index contributed by atoms with van der Waals surface area (Å²) in [5.41, 5.74) is 2.93. The van der Waals surface area contributed by atoms with Gasteiger partial charge in [-0.05, 0) is 57.2 Å². The molecule has 1 aromatic rings. The molecule has 106 valence electrons. The number of rotatable bonds is 3. The van der Waals surface area contributed by atoms with Crippen molar-refractivity contribution in [3.8, 4) is 11.9 Å². The second kappa shape index (κ2) is 5.80. The fourth-order valence-corrected chi connectivity index (χ4v) is 3.33. The second-order valence-corrected chi connectivity index (χ2v) is 5.75. The van der Waals surface area contributed by atoms with Crippen LogP contribution in [0.2, 0.25) is 0 Å². The molecule has 20 heavy (non-hydrogen) atoms. The third-order valence-electron chi connectivity index (χ3n) is 4.47. The average Bonchev–Trinajstić information content (AvgIpc) is 2.94. The van der Waals surface area contributed by atoms with Crippen LogP contribution >= 0.6 is 0 Å². The third kappa shape index (κ3) is 2.51. The van der Waals surface area contributed by atoms with Crippen molar-refractivity contribution in [1.82, 2.24) is 10.3 Å². The Kier molecular flexibility index (Phi) is 3.88. The molecule has 0 spiro atoms. The molecular weight excluding hydrogens is 250 g/mol. The van der Waals surface area contributed by atoms with Gasteiger partial charge in [0.1, 0.15) is 17.7 Å². The highest BCUT2D eigenvalue weighted by Crippen LogP contribution is 2.29. The molecule has 2 aliphatic rings. The molecule has 1 N–H and O–H groups in total. The van der Waals surface area contributed by atoms with E-state index in [0.717, 1.165) is 37.8 Å². The molecule has 2 aliphatic carbocycles. The molecule has 3 rings (SSSR count). The van der Waals surface area contributed by atoms with Crippen molar-refractivity contribution in [3.05, 3.63) is 22.9 Å². The van der Waals surface area contributed by atoms with Gasteiger partial charge < -0.3 is 10.1 Å². The molecule has 2 atom stereocenters. The number of hydrogen-bond donors (Lipinski definition) is 1. The molecule has 1 saturated carbocycles. The summed E-state index contributed by atoms with van der Waals surface area (Å²) in [4.78, 5) is 4.61. The van der Waals surface area contributed by atoms with Crippen LogP contribution in [0, 0.1) is 11.3 Å². The summed E-state index contributed by atoms with van der Waals surface area (Å²) in [7, 11) is 1.98. The van der Waals surface area contributed by atoms with Crippen molar-refractivity contribution >= 4 is 0 Å². The van der Waals surface area contributed by atoms with E-state index in [-0.39, 0.29) is 6.10 Å². The number of likely N-dealkylation sites (N-methyl/N-ethyl adjacent to an activating group) is 1. The van der Waals surface area contributed by atoms with E-state index in [2.05, 4.69) is 16.4 Å². The highest BCUT2D eigenvalue weighted by atomic mass is 16.5. The number of nitrogens with one attached hydrogen (secondary N) is 1. The van der Waals surface area contributed by atoms with E-state index in [1.807, 2.05) is 13.1 Å². The molecule has 0 aromatic carbocycles. The van der Waals surface area contributed by atoms with Gasteiger partial charge in [-0.3, -0.25) is 0 Å². The van der Waals surface area contributed by atoms with Gasteiger partial charge in [-0.15, -0.1) is 0 Å². The van der Waals surface area contributed by atoms with Crippen molar-refractivity contribution in [1.29, 1.82) is 5.26 Å². The van der Waals surface area contributed by atoms with E-state index < -0.39 is 0 Å². The number of hydrogen-bond acceptors (Lipinski definition) is 4. The van der Waals surface area contributed by atoms with Crippen LogP contribution in [0.25, 0.3) is 0 Å². The molecule has 1 aromatic heterocycles. The SMILES string of the molecule is CNC1CCCCC1Oc1nc2c(cc1C#N)CCC2. The zero-order valence-corrected chi connectivity index (χ0v) is 12.0. The quantitative estimate of drug-likeness (QED) is 0.917. The molecule has 1 fully saturated rings. The van der Waals surface area contributed by atoms with E-state index in [1.54, 1.807) is 0 Å². The Morgan fingerprint density at radius 1 is 1.30 bits per heavy atom. The van der Waals surface area contributed by atoms with Crippen LogP contribution in [0.5, 0.6) is 5.88 Å². The standard InChI is InChI=1S/C16H21N3O/c1-18-14-6-2-3-8-15(14)20-16-12(10-17)9-11-5-4-7-13(11)19-16/h9,14-15,18H,2-8H2,1H3. The molecule has 4 nitrogen and oxygen atoms in total. The fourth-order valence-electron chi connectivity index (χ4n) is 3.33. The Bertz CT molecular complexity index is 535. The average molecular weight is 271 g/mol. The monoisotopic (exact) mass is 271 g/mol. The lowest BCUT2D eigenvalue weighted by Crippen LogP contribution is -2.43. The topological polar surface area (TPSA) is 57.9 Å². The molecule has 0 radical (unpaired) electrons. The number of ether oxygens (including phenoxy) is 1. The molecule has 1 heterocycles. The first kappa shape index (κ1) is 13.4. The van der Waals surface area contributed by atoms with Gasteiger partial charge in [-0.1, -0.05) is 6.42 Å². The molecule has 0 saturated heterocycles. The van der Waals surface area contributed by atoms with E-state index in [1.165, 1.54) is 18.4 Å². The van der Waals surface area contributed by atoms with Crippen LogP contribution in [0.1, 0.15) is 48.9 Å². The van der Waals surface area contributed by atoms with Gasteiger partial charge in [0.15, 0.2) is 0 Å². The largest absolute Gasteiger partial charge is 0.472 e. The van der Waals surface area contributed by atoms with Gasteiger partial charge in [-0.25, -0.2) is 4.98 Å². The fraction of sp³-hybridized carbons (Fsp3) is 0.625. The first-order chi connectivity index (χ1) is 9.81. The number of nitriles is 1. The number of fused-ring (bicyclic) bond motifs is 1. The Morgan fingerprint density at radius 3 is 2.95 bits per heavy atom. The van der Waals surface area contributed by atoms with Crippen LogP contribution in [0.4, 0.5) is 0 Å². The Labute approximate surface area is 120 Å². The highest BCUT2D eigenvalue weighted by molar-refractivity contribution is 5.44. The summed E-state index contributed by atoms with van der Waals surface area (Å²) in [6.45, 7) is 0. The number of nitrogens with zero attached hydrogens (tertiary/aromatic N) is 2. The van der Waals surface area contributed by atoms with Gasteiger partial charge in [0.25, 0.3) is 0 Å². The van der Waals surface area contributed by atoms with Gasteiger partial charge in [0.05, 0.1) is 0 Å². The van der Waals surface area contributed by atoms with E-state index in [4.69, 9.17) is 4.74 Å². The molecule has 4 heteroatoms. The Morgan fingerprint density at radius 2 is 2.15 bits per heavy atom. The predicted octanol–water partition coefficient (Wildman–Crippen LogP) is 2.35. The zero-order chi connectivity index (χ0) is 13.9. The second-order valence-electron chi connectivity index (χ2n) is 5.75. The van der Waals surface area contributed by atoms with Gasteiger partial charge in [-0.2, -0.15) is 5.26 Å². The minimum atomic E-state index is 0.132. The summed E-state index contributed by atoms with van der Waals surface area (Å²) in [6, 6.07) is 4.58. The van der Waals surface area contributed by atoms with Crippen LogP contribution in [-0.2, 0) is 12.8 Å². The first-order valence-electron chi connectivity index (χ1n) is 7.58. The molecule has 2 unspecified atom stereocenters. The van der Waals surface area contributed by atoms with Crippen molar-refractivity contribution < 1.29 is 4.74 Å². The van der Waals surface area contributed by atoms with E-state index in [0.29, 0.717) is 17.5 Å². The van der Waals surface area contributed by atoms with Gasteiger partial charge in [0, 0.05) is 11.7 Å². The van der Waals surface area contributed by atoms with E-state index >= 15 is 0 Å². The van der Waals surface area contributed by atoms with Crippen LogP contribution in [0.15, 0.2) is 6.07 Å². The van der Waals surface area contributed by atoms with Gasteiger partial charge in [0.2, 0.25) is 5.88 Å². The normalized spacial score (nSPS) is 25.0. The minimum Gasteiger partial charge on any atom is -0.472 e. The molecule has 0 bridgehead atoms. The zero-order valence-electron chi connectivity index (χ0n) is 12.0. The molecular formula is C16H21N3O. The van der Waals surface area contributed by atoms with Crippen molar-refractivity contribution in [2.75, 3.05) is 7.05 Å². The maximum absolute atomic E-state index is 9.32. The number of pyridine rings is 1. The van der Waals surface area contributed by atoms with Crippen LogP contribution in [0.3, 0.4) is 0 Å². The maximum atomic E-state index is 9.32. The van der Waals surface area contributed by atoms with E-state index in [9.17, 15) is 5.26 Å². The summed E-state index contributed by atoms with van der Waals surface area (Å²) >= 11 is 0. The lowest BCUT2D eigenvalue weighted by Gasteiger charge is -2.31. The lowest BCUT2D eigenvalue weighted by molar-refractivity contribution is 0.112. The van der Waals surface area contributed by atoms with Crippen LogP contribution in [-0.4, -0.2) is 24.2 Å². The summed E-state index contributed by atoms with van der Waals surface area (Å²) < 4.78 is 6.11. The smallest absolute Gasteiger partial charge is 0.232 e. The van der Waals surface area contributed by atoms with Crippen molar-refractivity contribution in [3.63, 3.8) is 0 Å². The summed E-state index contributed by atoms with van der Waals surface area (Å²) in [5, 5.41) is 12.6. The molecule has 0 amide bonds. The maximum Gasteiger partial charge on any atom is 0.232 e. The molecule has 0 aliphatic heterocycles. The van der Waals surface area contributed by atoms with Crippen molar-refractivity contribution in [2.45, 2.75) is 57.1 Å². The van der Waals surface area contributed by atoms with Crippen LogP contribution < -0.4 is 10.1 Å². The summed E-state index contributed by atoms with van der Waals surface area (Å²) in [6.07, 6.45) is 7.93.